The van der Waals surface area contributed by atoms with Crippen LogP contribution in [0.1, 0.15) is 12.8 Å². The van der Waals surface area contributed by atoms with E-state index >= 15 is 0 Å². The van der Waals surface area contributed by atoms with E-state index in [0.29, 0.717) is 5.92 Å². The van der Waals surface area contributed by atoms with Crippen LogP contribution in [0, 0.1) is 5.92 Å². The van der Waals surface area contributed by atoms with Gasteiger partial charge in [0, 0.05) is 6.54 Å². The van der Waals surface area contributed by atoms with Crippen molar-refractivity contribution in [2.45, 2.75) is 12.8 Å². The molecule has 0 saturated carbocycles. The molecule has 1 aliphatic heterocycles. The average Bonchev–Trinajstić information content (AvgIpc) is 2.91. The number of carbonyl (C=O) groups is 1. The lowest BCUT2D eigenvalue weighted by molar-refractivity contribution is -0.123. The van der Waals surface area contributed by atoms with Crippen molar-refractivity contribution in [1.82, 2.24) is 10.6 Å². The van der Waals surface area contributed by atoms with Crippen LogP contribution in [-0.4, -0.2) is 32.1 Å². The van der Waals surface area contributed by atoms with Gasteiger partial charge in [-0.3, -0.25) is 4.79 Å². The van der Waals surface area contributed by atoms with Crippen LogP contribution in [-0.2, 0) is 4.79 Å². The van der Waals surface area contributed by atoms with E-state index < -0.39 is 0 Å². The van der Waals surface area contributed by atoms with E-state index in [9.17, 15) is 4.79 Å². The quantitative estimate of drug-likeness (QED) is 0.795. The number of hydrogen-bond acceptors (Lipinski definition) is 3. The third-order valence-corrected chi connectivity index (χ3v) is 3.15. The molecule has 1 aliphatic rings. The molecular weight excluding hydrogens is 228 g/mol. The second kappa shape index (κ2) is 7.01. The van der Waals surface area contributed by atoms with Crippen LogP contribution >= 0.6 is 0 Å². The highest BCUT2D eigenvalue weighted by Crippen LogP contribution is 2.10. The van der Waals surface area contributed by atoms with Crippen LogP contribution in [0.2, 0.25) is 0 Å². The van der Waals surface area contributed by atoms with Crippen molar-refractivity contribution >= 4 is 5.91 Å². The van der Waals surface area contributed by atoms with Crippen molar-refractivity contribution in [3.05, 3.63) is 30.3 Å². The maximum Gasteiger partial charge on any atom is 0.257 e. The summed E-state index contributed by atoms with van der Waals surface area (Å²) in [4.78, 5) is 11.5. The van der Waals surface area contributed by atoms with Crippen molar-refractivity contribution in [3.8, 4) is 5.75 Å². The summed E-state index contributed by atoms with van der Waals surface area (Å²) in [5.41, 5.74) is 0. The van der Waals surface area contributed by atoms with Crippen molar-refractivity contribution in [2.24, 2.45) is 5.92 Å². The Bertz CT molecular complexity index is 361. The standard InChI is InChI=1S/C14H20N2O2/c17-14(11-18-13-4-2-1-3-5-13)16-9-7-12-6-8-15-10-12/h1-5,12,15H,6-11H2,(H,16,17). The first-order chi connectivity index (χ1) is 8.84. The van der Waals surface area contributed by atoms with Gasteiger partial charge in [-0.15, -0.1) is 0 Å². The Hall–Kier alpha value is -1.55. The van der Waals surface area contributed by atoms with Crippen LogP contribution in [0.25, 0.3) is 0 Å². The van der Waals surface area contributed by atoms with Gasteiger partial charge in [-0.2, -0.15) is 0 Å². The third kappa shape index (κ3) is 4.37. The van der Waals surface area contributed by atoms with Crippen LogP contribution in [0.5, 0.6) is 5.75 Å². The van der Waals surface area contributed by atoms with Crippen molar-refractivity contribution < 1.29 is 9.53 Å². The minimum absolute atomic E-state index is 0.0511. The molecule has 18 heavy (non-hydrogen) atoms. The van der Waals surface area contributed by atoms with Gasteiger partial charge in [-0.25, -0.2) is 0 Å². The molecule has 1 aromatic carbocycles. The van der Waals surface area contributed by atoms with E-state index in [1.54, 1.807) is 0 Å². The Kier molecular flexibility index (Phi) is 5.02. The van der Waals surface area contributed by atoms with Gasteiger partial charge in [-0.1, -0.05) is 18.2 Å². The number of benzene rings is 1. The number of hydrogen-bond donors (Lipinski definition) is 2. The van der Waals surface area contributed by atoms with Crippen LogP contribution in [0.3, 0.4) is 0 Å². The van der Waals surface area contributed by atoms with E-state index in [4.69, 9.17) is 4.74 Å². The zero-order chi connectivity index (χ0) is 12.6. The summed E-state index contributed by atoms with van der Waals surface area (Å²) >= 11 is 0. The summed E-state index contributed by atoms with van der Waals surface area (Å²) in [6, 6.07) is 9.39. The van der Waals surface area contributed by atoms with Gasteiger partial charge in [0.1, 0.15) is 5.75 Å². The van der Waals surface area contributed by atoms with E-state index in [2.05, 4.69) is 10.6 Å². The van der Waals surface area contributed by atoms with Gasteiger partial charge in [0.05, 0.1) is 0 Å². The normalized spacial score (nSPS) is 18.6. The number of carbonyl (C=O) groups excluding carboxylic acids is 1. The van der Waals surface area contributed by atoms with Gasteiger partial charge in [-0.05, 0) is 44.0 Å². The van der Waals surface area contributed by atoms with Crippen molar-refractivity contribution in [1.29, 1.82) is 0 Å². The zero-order valence-corrected chi connectivity index (χ0v) is 10.5. The molecule has 1 unspecified atom stereocenters. The Morgan fingerprint density at radius 3 is 2.94 bits per heavy atom. The molecule has 0 aromatic heterocycles. The first kappa shape index (κ1) is 12.9. The minimum atomic E-state index is -0.0511. The molecule has 2 rings (SSSR count). The fourth-order valence-corrected chi connectivity index (χ4v) is 2.09. The molecule has 4 heteroatoms. The maximum absolute atomic E-state index is 11.5. The Morgan fingerprint density at radius 2 is 2.22 bits per heavy atom. The smallest absolute Gasteiger partial charge is 0.257 e. The fourth-order valence-electron chi connectivity index (χ4n) is 2.09. The Labute approximate surface area is 108 Å². The highest BCUT2D eigenvalue weighted by Gasteiger charge is 2.14. The molecule has 1 aromatic rings. The molecule has 98 valence electrons. The van der Waals surface area contributed by atoms with Crippen LogP contribution in [0.15, 0.2) is 30.3 Å². The van der Waals surface area contributed by atoms with Gasteiger partial charge in [0.15, 0.2) is 6.61 Å². The van der Waals surface area contributed by atoms with Crippen LogP contribution in [0.4, 0.5) is 0 Å². The number of nitrogens with one attached hydrogen (secondary N) is 2. The third-order valence-electron chi connectivity index (χ3n) is 3.15. The van der Waals surface area contributed by atoms with Gasteiger partial charge >= 0.3 is 0 Å². The Balaban J connectivity index is 1.57. The number of para-hydroxylation sites is 1. The number of rotatable bonds is 6. The summed E-state index contributed by atoms with van der Waals surface area (Å²) in [7, 11) is 0. The highest BCUT2D eigenvalue weighted by atomic mass is 16.5. The van der Waals surface area contributed by atoms with Gasteiger partial charge in [0.2, 0.25) is 0 Å². The van der Waals surface area contributed by atoms with Gasteiger partial charge < -0.3 is 15.4 Å². The molecular formula is C14H20N2O2. The fraction of sp³-hybridized carbons (Fsp3) is 0.500. The van der Waals surface area contributed by atoms with E-state index in [1.807, 2.05) is 30.3 Å². The van der Waals surface area contributed by atoms with E-state index in [0.717, 1.165) is 31.8 Å². The topological polar surface area (TPSA) is 50.4 Å². The molecule has 0 spiro atoms. The molecule has 4 nitrogen and oxygen atoms in total. The lowest BCUT2D eigenvalue weighted by Crippen LogP contribution is -2.30. The second-order valence-electron chi connectivity index (χ2n) is 4.60. The maximum atomic E-state index is 11.5. The van der Waals surface area contributed by atoms with Crippen molar-refractivity contribution in [3.63, 3.8) is 0 Å². The van der Waals surface area contributed by atoms with E-state index in [1.165, 1.54) is 6.42 Å². The molecule has 2 N–H and O–H groups in total. The predicted molar refractivity (Wildman–Crippen MR) is 70.5 cm³/mol. The predicted octanol–water partition coefficient (Wildman–Crippen LogP) is 1.18. The largest absolute Gasteiger partial charge is 0.484 e. The highest BCUT2D eigenvalue weighted by molar-refractivity contribution is 5.77. The molecule has 1 heterocycles. The monoisotopic (exact) mass is 248 g/mol. The zero-order valence-electron chi connectivity index (χ0n) is 10.5. The number of amides is 1. The first-order valence-corrected chi connectivity index (χ1v) is 6.50. The SMILES string of the molecule is O=C(COc1ccccc1)NCCC1CCNC1. The van der Waals surface area contributed by atoms with Gasteiger partial charge in [0.25, 0.3) is 5.91 Å². The lowest BCUT2D eigenvalue weighted by Gasteiger charge is -2.10. The molecule has 1 saturated heterocycles. The van der Waals surface area contributed by atoms with Crippen LogP contribution < -0.4 is 15.4 Å². The molecule has 0 aliphatic carbocycles. The number of ether oxygens (including phenoxy) is 1. The Morgan fingerprint density at radius 1 is 1.39 bits per heavy atom. The molecule has 1 atom stereocenters. The molecule has 0 bridgehead atoms. The summed E-state index contributed by atoms with van der Waals surface area (Å²) in [6.45, 7) is 3.02. The summed E-state index contributed by atoms with van der Waals surface area (Å²) < 4.78 is 5.37. The second-order valence-corrected chi connectivity index (χ2v) is 4.60. The van der Waals surface area contributed by atoms with Crippen molar-refractivity contribution in [2.75, 3.05) is 26.2 Å². The molecule has 0 radical (unpaired) electrons. The lowest BCUT2D eigenvalue weighted by atomic mass is 10.1. The average molecular weight is 248 g/mol. The minimum Gasteiger partial charge on any atom is -0.484 e. The molecule has 1 fully saturated rings. The summed E-state index contributed by atoms with van der Waals surface area (Å²) in [5, 5.41) is 6.21. The first-order valence-electron chi connectivity index (χ1n) is 6.50. The van der Waals surface area contributed by atoms with E-state index in [-0.39, 0.29) is 12.5 Å². The summed E-state index contributed by atoms with van der Waals surface area (Å²) in [5.74, 6) is 1.39. The summed E-state index contributed by atoms with van der Waals surface area (Å²) in [6.07, 6.45) is 2.26. The molecule has 1 amide bonds.